The SMILES string of the molecule is CNC(=O)C1CCCN(C(=O)CCNC(C)(C)C)C1. The summed E-state index contributed by atoms with van der Waals surface area (Å²) in [6, 6.07) is 0. The molecule has 1 aliphatic rings. The molecule has 0 radical (unpaired) electrons. The van der Waals surface area contributed by atoms with Crippen LogP contribution in [-0.4, -0.2) is 48.9 Å². The van der Waals surface area contributed by atoms with Gasteiger partial charge in [0.1, 0.15) is 0 Å². The van der Waals surface area contributed by atoms with Crippen molar-refractivity contribution in [2.24, 2.45) is 5.92 Å². The molecular weight excluding hydrogens is 242 g/mol. The molecule has 0 aromatic heterocycles. The van der Waals surface area contributed by atoms with Crippen LogP contribution < -0.4 is 10.6 Å². The van der Waals surface area contributed by atoms with Gasteiger partial charge >= 0.3 is 0 Å². The molecule has 5 nitrogen and oxygen atoms in total. The Bertz CT molecular complexity index is 323. The average Bonchev–Trinajstić information content (AvgIpc) is 2.36. The van der Waals surface area contributed by atoms with E-state index in [1.165, 1.54) is 0 Å². The first-order chi connectivity index (χ1) is 8.83. The molecule has 110 valence electrons. The lowest BCUT2D eigenvalue weighted by molar-refractivity contribution is -0.135. The average molecular weight is 269 g/mol. The molecule has 2 amide bonds. The van der Waals surface area contributed by atoms with E-state index in [9.17, 15) is 9.59 Å². The standard InChI is InChI=1S/C14H27N3O2/c1-14(2,3)16-8-7-12(18)17-9-5-6-11(10-17)13(19)15-4/h11,16H,5-10H2,1-4H3,(H,15,19). The third kappa shape index (κ3) is 5.59. The number of piperidine rings is 1. The molecule has 1 heterocycles. The largest absolute Gasteiger partial charge is 0.359 e. The number of carbonyl (C=O) groups excluding carboxylic acids is 2. The fraction of sp³-hybridized carbons (Fsp3) is 0.857. The highest BCUT2D eigenvalue weighted by Crippen LogP contribution is 2.17. The van der Waals surface area contributed by atoms with Crippen molar-refractivity contribution in [2.75, 3.05) is 26.7 Å². The normalized spacial score (nSPS) is 20.2. The summed E-state index contributed by atoms with van der Waals surface area (Å²) in [6.07, 6.45) is 2.29. The van der Waals surface area contributed by atoms with Gasteiger partial charge in [-0.15, -0.1) is 0 Å². The maximum absolute atomic E-state index is 12.1. The summed E-state index contributed by atoms with van der Waals surface area (Å²) in [5, 5.41) is 5.98. The number of amides is 2. The number of nitrogens with zero attached hydrogens (tertiary/aromatic N) is 1. The number of carbonyl (C=O) groups is 2. The molecule has 0 aromatic rings. The van der Waals surface area contributed by atoms with Crippen molar-refractivity contribution in [2.45, 2.75) is 45.6 Å². The molecule has 1 fully saturated rings. The van der Waals surface area contributed by atoms with E-state index in [0.29, 0.717) is 19.5 Å². The monoisotopic (exact) mass is 269 g/mol. The second-order valence-corrected chi connectivity index (χ2v) is 6.22. The van der Waals surface area contributed by atoms with Crippen molar-refractivity contribution < 1.29 is 9.59 Å². The van der Waals surface area contributed by atoms with Gasteiger partial charge in [-0.1, -0.05) is 0 Å². The molecule has 19 heavy (non-hydrogen) atoms. The van der Waals surface area contributed by atoms with E-state index >= 15 is 0 Å². The summed E-state index contributed by atoms with van der Waals surface area (Å²) in [5.74, 6) is 0.147. The zero-order chi connectivity index (χ0) is 14.5. The minimum atomic E-state index is -0.0433. The first-order valence-corrected chi connectivity index (χ1v) is 7.08. The number of rotatable bonds is 4. The summed E-state index contributed by atoms with van der Waals surface area (Å²) < 4.78 is 0. The zero-order valence-corrected chi connectivity index (χ0v) is 12.6. The number of hydrogen-bond donors (Lipinski definition) is 2. The molecule has 0 aliphatic carbocycles. The Hall–Kier alpha value is -1.10. The smallest absolute Gasteiger partial charge is 0.224 e. The van der Waals surface area contributed by atoms with Gasteiger partial charge in [0.25, 0.3) is 0 Å². The first-order valence-electron chi connectivity index (χ1n) is 7.08. The minimum absolute atomic E-state index is 0.0345. The van der Waals surface area contributed by atoms with E-state index in [4.69, 9.17) is 0 Å². The molecule has 0 bridgehead atoms. The summed E-state index contributed by atoms with van der Waals surface area (Å²) in [4.78, 5) is 25.5. The van der Waals surface area contributed by atoms with Crippen molar-refractivity contribution in [3.63, 3.8) is 0 Å². The fourth-order valence-electron chi connectivity index (χ4n) is 2.32. The van der Waals surface area contributed by atoms with Crippen LogP contribution in [0.3, 0.4) is 0 Å². The lowest BCUT2D eigenvalue weighted by atomic mass is 9.97. The van der Waals surface area contributed by atoms with E-state index in [-0.39, 0.29) is 23.3 Å². The predicted octanol–water partition coefficient (Wildman–Crippen LogP) is 0.749. The van der Waals surface area contributed by atoms with E-state index in [1.807, 2.05) is 4.90 Å². The Morgan fingerprint density at radius 3 is 2.58 bits per heavy atom. The number of hydrogen-bond acceptors (Lipinski definition) is 3. The fourth-order valence-corrected chi connectivity index (χ4v) is 2.32. The minimum Gasteiger partial charge on any atom is -0.359 e. The number of likely N-dealkylation sites (tertiary alicyclic amines) is 1. The molecular formula is C14H27N3O2. The van der Waals surface area contributed by atoms with Crippen LogP contribution in [-0.2, 0) is 9.59 Å². The van der Waals surface area contributed by atoms with Crippen LogP contribution in [0, 0.1) is 5.92 Å². The molecule has 0 saturated carbocycles. The third-order valence-corrected chi connectivity index (χ3v) is 3.39. The van der Waals surface area contributed by atoms with Gasteiger partial charge in [0.15, 0.2) is 0 Å². The van der Waals surface area contributed by atoms with Crippen molar-refractivity contribution in [1.29, 1.82) is 0 Å². The lowest BCUT2D eigenvalue weighted by Gasteiger charge is -2.32. The summed E-state index contributed by atoms with van der Waals surface area (Å²) >= 11 is 0. The highest BCUT2D eigenvalue weighted by Gasteiger charge is 2.27. The molecule has 5 heteroatoms. The van der Waals surface area contributed by atoms with Crippen LogP contribution in [0.25, 0.3) is 0 Å². The van der Waals surface area contributed by atoms with Gasteiger partial charge in [0.2, 0.25) is 11.8 Å². The molecule has 1 unspecified atom stereocenters. The van der Waals surface area contributed by atoms with Crippen LogP contribution in [0.2, 0.25) is 0 Å². The van der Waals surface area contributed by atoms with Crippen molar-refractivity contribution in [3.05, 3.63) is 0 Å². The Morgan fingerprint density at radius 2 is 2.00 bits per heavy atom. The summed E-state index contributed by atoms with van der Waals surface area (Å²) in [5.41, 5.74) is 0.0345. The van der Waals surface area contributed by atoms with E-state index in [2.05, 4.69) is 31.4 Å². The lowest BCUT2D eigenvalue weighted by Crippen LogP contribution is -2.46. The van der Waals surface area contributed by atoms with Crippen LogP contribution in [0.1, 0.15) is 40.0 Å². The molecule has 1 saturated heterocycles. The van der Waals surface area contributed by atoms with Crippen LogP contribution >= 0.6 is 0 Å². The van der Waals surface area contributed by atoms with Gasteiger partial charge in [-0.25, -0.2) is 0 Å². The van der Waals surface area contributed by atoms with Gasteiger partial charge < -0.3 is 15.5 Å². The van der Waals surface area contributed by atoms with Gasteiger partial charge in [0.05, 0.1) is 5.92 Å². The Balaban J connectivity index is 2.38. The number of nitrogens with one attached hydrogen (secondary N) is 2. The third-order valence-electron chi connectivity index (χ3n) is 3.39. The second-order valence-electron chi connectivity index (χ2n) is 6.22. The van der Waals surface area contributed by atoms with Gasteiger partial charge in [-0.2, -0.15) is 0 Å². The highest BCUT2D eigenvalue weighted by molar-refractivity contribution is 5.81. The van der Waals surface area contributed by atoms with E-state index < -0.39 is 0 Å². The van der Waals surface area contributed by atoms with Crippen LogP contribution in [0.4, 0.5) is 0 Å². The van der Waals surface area contributed by atoms with Gasteiger partial charge in [-0.05, 0) is 33.6 Å². The molecule has 0 spiro atoms. The second kappa shape index (κ2) is 6.89. The molecule has 1 aliphatic heterocycles. The quantitative estimate of drug-likeness (QED) is 0.791. The molecule has 1 atom stereocenters. The van der Waals surface area contributed by atoms with Crippen molar-refractivity contribution >= 4 is 11.8 Å². The van der Waals surface area contributed by atoms with Crippen molar-refractivity contribution in [3.8, 4) is 0 Å². The molecule has 2 N–H and O–H groups in total. The van der Waals surface area contributed by atoms with E-state index in [1.54, 1.807) is 7.05 Å². The molecule has 1 rings (SSSR count). The summed E-state index contributed by atoms with van der Waals surface area (Å²) in [7, 11) is 1.65. The Morgan fingerprint density at radius 1 is 1.32 bits per heavy atom. The highest BCUT2D eigenvalue weighted by atomic mass is 16.2. The predicted molar refractivity (Wildman–Crippen MR) is 75.7 cm³/mol. The first kappa shape index (κ1) is 16.0. The van der Waals surface area contributed by atoms with Crippen molar-refractivity contribution in [1.82, 2.24) is 15.5 Å². The van der Waals surface area contributed by atoms with Gasteiger partial charge in [-0.3, -0.25) is 9.59 Å². The maximum atomic E-state index is 12.1. The maximum Gasteiger partial charge on any atom is 0.224 e. The molecule has 0 aromatic carbocycles. The van der Waals surface area contributed by atoms with Crippen LogP contribution in [0.15, 0.2) is 0 Å². The zero-order valence-electron chi connectivity index (χ0n) is 12.6. The topological polar surface area (TPSA) is 61.4 Å². The summed E-state index contributed by atoms with van der Waals surface area (Å²) in [6.45, 7) is 8.28. The van der Waals surface area contributed by atoms with Crippen LogP contribution in [0.5, 0.6) is 0 Å². The Kier molecular flexibility index (Phi) is 5.79. The Labute approximate surface area is 116 Å². The van der Waals surface area contributed by atoms with Gasteiger partial charge in [0, 0.05) is 38.6 Å². The van der Waals surface area contributed by atoms with E-state index in [0.717, 1.165) is 19.4 Å².